The summed E-state index contributed by atoms with van der Waals surface area (Å²) in [5, 5.41) is 0. The molecule has 0 aliphatic rings. The third kappa shape index (κ3) is 4.37. The van der Waals surface area contributed by atoms with Crippen molar-refractivity contribution < 1.29 is 17.9 Å². The van der Waals surface area contributed by atoms with Crippen molar-refractivity contribution in [3.63, 3.8) is 0 Å². The summed E-state index contributed by atoms with van der Waals surface area (Å²) in [7, 11) is 0. The number of rotatable bonds is 4. The quantitative estimate of drug-likeness (QED) is 0.815. The molecule has 1 aromatic rings. The first-order valence-electron chi connectivity index (χ1n) is 4.80. The lowest BCUT2D eigenvalue weighted by Gasteiger charge is -2.09. The number of ether oxygens (including phenoxy) is 1. The Morgan fingerprint density at radius 3 is 2.69 bits per heavy atom. The van der Waals surface area contributed by atoms with Gasteiger partial charge in [0.1, 0.15) is 0 Å². The predicted octanol–water partition coefficient (Wildman–Crippen LogP) is 2.69. The van der Waals surface area contributed by atoms with Crippen LogP contribution >= 0.6 is 0 Å². The van der Waals surface area contributed by atoms with Crippen molar-refractivity contribution in [3.05, 3.63) is 17.8 Å². The minimum Gasteiger partial charge on any atom is -0.477 e. The molecule has 0 amide bonds. The molecule has 0 unspecified atom stereocenters. The van der Waals surface area contributed by atoms with Crippen LogP contribution in [0.25, 0.3) is 0 Å². The van der Waals surface area contributed by atoms with Gasteiger partial charge in [0.25, 0.3) is 0 Å². The number of hydrogen-bond donors (Lipinski definition) is 1. The van der Waals surface area contributed by atoms with Crippen LogP contribution in [-0.4, -0.2) is 17.8 Å². The van der Waals surface area contributed by atoms with Gasteiger partial charge in [-0.05, 0) is 19.4 Å². The van der Waals surface area contributed by atoms with Crippen molar-refractivity contribution >= 4 is 5.69 Å². The van der Waals surface area contributed by atoms with Crippen LogP contribution in [0.4, 0.5) is 18.9 Å². The lowest BCUT2D eigenvalue weighted by atomic mass is 10.3. The lowest BCUT2D eigenvalue weighted by Crippen LogP contribution is -2.10. The molecule has 1 aromatic heterocycles. The number of aromatic nitrogens is 1. The molecule has 90 valence electrons. The van der Waals surface area contributed by atoms with Crippen molar-refractivity contribution in [2.24, 2.45) is 0 Å². The van der Waals surface area contributed by atoms with Gasteiger partial charge >= 0.3 is 6.18 Å². The van der Waals surface area contributed by atoms with Crippen LogP contribution < -0.4 is 10.5 Å². The van der Waals surface area contributed by atoms with E-state index in [0.717, 1.165) is 0 Å². The van der Waals surface area contributed by atoms with Crippen LogP contribution in [0.5, 0.6) is 5.88 Å². The zero-order valence-corrected chi connectivity index (χ0v) is 8.84. The molecular formula is C10H13F3N2O. The molecule has 0 bridgehead atoms. The topological polar surface area (TPSA) is 48.1 Å². The Bertz CT molecular complexity index is 352. The maximum Gasteiger partial charge on any atom is 0.389 e. The summed E-state index contributed by atoms with van der Waals surface area (Å²) < 4.78 is 40.6. The molecule has 1 heterocycles. The molecular weight excluding hydrogens is 221 g/mol. The van der Waals surface area contributed by atoms with E-state index in [2.05, 4.69) is 4.98 Å². The summed E-state index contributed by atoms with van der Waals surface area (Å²) in [6, 6.07) is 1.66. The number of nitrogens with two attached hydrogens (primary N) is 1. The number of aryl methyl sites for hydroxylation is 1. The summed E-state index contributed by atoms with van der Waals surface area (Å²) in [4.78, 5) is 3.88. The molecule has 16 heavy (non-hydrogen) atoms. The summed E-state index contributed by atoms with van der Waals surface area (Å²) >= 11 is 0. The zero-order valence-electron chi connectivity index (χ0n) is 8.84. The van der Waals surface area contributed by atoms with Crippen LogP contribution in [0.3, 0.4) is 0 Å². The van der Waals surface area contributed by atoms with Crippen LogP contribution in [0.2, 0.25) is 0 Å². The molecule has 6 heteroatoms. The smallest absolute Gasteiger partial charge is 0.389 e. The highest BCUT2D eigenvalue weighted by Crippen LogP contribution is 2.22. The third-order valence-electron chi connectivity index (χ3n) is 1.89. The second-order valence-electron chi connectivity index (χ2n) is 3.46. The number of pyridine rings is 1. The first-order chi connectivity index (χ1) is 7.38. The van der Waals surface area contributed by atoms with Crippen LogP contribution in [0, 0.1) is 6.92 Å². The SMILES string of the molecule is Cc1cc(N)cnc1OCCCC(F)(F)F. The molecule has 3 nitrogen and oxygen atoms in total. The Hall–Kier alpha value is -1.46. The van der Waals surface area contributed by atoms with Crippen molar-refractivity contribution in [1.29, 1.82) is 0 Å². The van der Waals surface area contributed by atoms with Gasteiger partial charge in [-0.2, -0.15) is 13.2 Å². The van der Waals surface area contributed by atoms with Crippen molar-refractivity contribution in [1.82, 2.24) is 4.98 Å². The van der Waals surface area contributed by atoms with Crippen LogP contribution in [0.15, 0.2) is 12.3 Å². The van der Waals surface area contributed by atoms with Crippen molar-refractivity contribution in [2.45, 2.75) is 25.9 Å². The average molecular weight is 234 g/mol. The molecule has 1 rings (SSSR count). The van der Waals surface area contributed by atoms with Gasteiger partial charge in [-0.1, -0.05) is 0 Å². The summed E-state index contributed by atoms with van der Waals surface area (Å²) in [5.41, 5.74) is 6.69. The molecule has 0 aliphatic heterocycles. The van der Waals surface area contributed by atoms with Gasteiger partial charge in [0.2, 0.25) is 5.88 Å². The fraction of sp³-hybridized carbons (Fsp3) is 0.500. The van der Waals surface area contributed by atoms with Gasteiger partial charge in [0, 0.05) is 12.0 Å². The Labute approximate surface area is 91.4 Å². The fourth-order valence-corrected chi connectivity index (χ4v) is 1.18. The largest absolute Gasteiger partial charge is 0.477 e. The van der Waals surface area contributed by atoms with Crippen LogP contribution in [-0.2, 0) is 0 Å². The zero-order chi connectivity index (χ0) is 12.2. The predicted molar refractivity (Wildman–Crippen MR) is 54.2 cm³/mol. The molecule has 0 spiro atoms. The van der Waals surface area contributed by atoms with E-state index in [4.69, 9.17) is 10.5 Å². The monoisotopic (exact) mass is 234 g/mol. The number of anilines is 1. The minimum atomic E-state index is -4.13. The van der Waals surface area contributed by atoms with E-state index in [9.17, 15) is 13.2 Å². The molecule has 0 fully saturated rings. The Morgan fingerprint density at radius 1 is 1.44 bits per heavy atom. The number of halogens is 3. The van der Waals surface area contributed by atoms with E-state index in [1.165, 1.54) is 6.20 Å². The second kappa shape index (κ2) is 5.05. The fourth-order valence-electron chi connectivity index (χ4n) is 1.18. The molecule has 0 radical (unpaired) electrons. The normalized spacial score (nSPS) is 11.5. The van der Waals surface area contributed by atoms with Gasteiger partial charge in [-0.3, -0.25) is 0 Å². The number of nitrogens with zero attached hydrogens (tertiary/aromatic N) is 1. The van der Waals surface area contributed by atoms with E-state index in [-0.39, 0.29) is 13.0 Å². The second-order valence-corrected chi connectivity index (χ2v) is 3.46. The van der Waals surface area contributed by atoms with E-state index >= 15 is 0 Å². The Morgan fingerprint density at radius 2 is 2.12 bits per heavy atom. The van der Waals surface area contributed by atoms with Gasteiger partial charge in [-0.25, -0.2) is 4.98 Å². The number of nitrogen functional groups attached to an aromatic ring is 1. The van der Waals surface area contributed by atoms with E-state index in [1.807, 2.05) is 0 Å². The molecule has 0 aromatic carbocycles. The van der Waals surface area contributed by atoms with Gasteiger partial charge in [0.15, 0.2) is 0 Å². The van der Waals surface area contributed by atoms with Gasteiger partial charge in [0.05, 0.1) is 18.5 Å². The van der Waals surface area contributed by atoms with E-state index in [1.54, 1.807) is 13.0 Å². The average Bonchev–Trinajstić information content (AvgIpc) is 2.13. The van der Waals surface area contributed by atoms with E-state index in [0.29, 0.717) is 17.1 Å². The third-order valence-corrected chi connectivity index (χ3v) is 1.89. The van der Waals surface area contributed by atoms with E-state index < -0.39 is 12.6 Å². The lowest BCUT2D eigenvalue weighted by molar-refractivity contribution is -0.136. The Kier molecular flexibility index (Phi) is 3.98. The minimum absolute atomic E-state index is 0.00271. The molecule has 0 saturated heterocycles. The standard InChI is InChI=1S/C10H13F3N2O/c1-7-5-8(14)6-15-9(7)16-4-2-3-10(11,12)13/h5-6H,2-4,14H2,1H3. The molecule has 0 aliphatic carbocycles. The highest BCUT2D eigenvalue weighted by Gasteiger charge is 2.26. The first kappa shape index (κ1) is 12.6. The molecule has 0 saturated carbocycles. The highest BCUT2D eigenvalue weighted by atomic mass is 19.4. The number of hydrogen-bond acceptors (Lipinski definition) is 3. The molecule has 2 N–H and O–H groups in total. The van der Waals surface area contributed by atoms with Gasteiger partial charge < -0.3 is 10.5 Å². The van der Waals surface area contributed by atoms with Crippen molar-refractivity contribution in [3.8, 4) is 5.88 Å². The summed E-state index contributed by atoms with van der Waals surface area (Å²) in [5.74, 6) is 0.330. The summed E-state index contributed by atoms with van der Waals surface area (Å²) in [6.45, 7) is 1.74. The maximum atomic E-state index is 11.8. The summed E-state index contributed by atoms with van der Waals surface area (Å²) in [6.07, 6.45) is -3.64. The van der Waals surface area contributed by atoms with Crippen molar-refractivity contribution in [2.75, 3.05) is 12.3 Å². The first-order valence-corrected chi connectivity index (χ1v) is 4.80. The molecule has 0 atom stereocenters. The highest BCUT2D eigenvalue weighted by molar-refractivity contribution is 5.41. The maximum absolute atomic E-state index is 11.8. The van der Waals surface area contributed by atoms with Crippen LogP contribution in [0.1, 0.15) is 18.4 Å². The number of alkyl halides is 3. The van der Waals surface area contributed by atoms with Gasteiger partial charge in [-0.15, -0.1) is 0 Å². The Balaban J connectivity index is 2.38.